The Morgan fingerprint density at radius 1 is 1.14 bits per heavy atom. The Morgan fingerprint density at radius 3 is 2.86 bits per heavy atom. The molecule has 0 aliphatic rings. The molecule has 0 saturated heterocycles. The summed E-state index contributed by atoms with van der Waals surface area (Å²) in [5.41, 5.74) is 2.61. The fraction of sp³-hybridized carbons (Fsp3) is 0.0769. The summed E-state index contributed by atoms with van der Waals surface area (Å²) in [6.45, 7) is 0. The highest BCUT2D eigenvalue weighted by Gasteiger charge is 2.10. The van der Waals surface area contributed by atoms with Gasteiger partial charge in [-0.15, -0.1) is 0 Å². The smallest absolute Gasteiger partial charge is 0.158 e. The maximum atomic E-state index is 4.66. The van der Waals surface area contributed by atoms with Crippen LogP contribution in [-0.2, 0) is 7.05 Å². The molecule has 0 amide bonds. The largest absolute Gasteiger partial charge is 0.324 e. The van der Waals surface area contributed by atoms with Gasteiger partial charge >= 0.3 is 0 Å². The lowest BCUT2D eigenvalue weighted by Gasteiger charge is -2.07. The van der Waals surface area contributed by atoms with Crippen LogP contribution in [-0.4, -0.2) is 34.6 Å². The number of aromatic amines is 1. The van der Waals surface area contributed by atoms with Crippen molar-refractivity contribution in [2.45, 2.75) is 0 Å². The molecular formula is C13H12N8. The molecule has 0 aromatic carbocycles. The van der Waals surface area contributed by atoms with E-state index in [4.69, 9.17) is 0 Å². The van der Waals surface area contributed by atoms with E-state index >= 15 is 0 Å². The molecule has 0 aliphatic carbocycles. The fourth-order valence-corrected chi connectivity index (χ4v) is 2.16. The molecule has 2 N–H and O–H groups in total. The van der Waals surface area contributed by atoms with Crippen LogP contribution in [0, 0.1) is 0 Å². The quantitative estimate of drug-likeness (QED) is 0.595. The summed E-state index contributed by atoms with van der Waals surface area (Å²) in [7, 11) is 1.87. The molecule has 4 aromatic heterocycles. The molecule has 0 atom stereocenters. The first-order valence-corrected chi connectivity index (χ1v) is 6.39. The number of hydrogen-bond donors (Lipinski definition) is 2. The van der Waals surface area contributed by atoms with Crippen molar-refractivity contribution >= 4 is 17.2 Å². The second-order valence-corrected chi connectivity index (χ2v) is 4.63. The van der Waals surface area contributed by atoms with Crippen molar-refractivity contribution in [2.75, 3.05) is 5.32 Å². The molecule has 104 valence electrons. The average Bonchev–Trinajstić information content (AvgIpc) is 3.18. The van der Waals surface area contributed by atoms with Crippen molar-refractivity contribution < 1.29 is 0 Å². The van der Waals surface area contributed by atoms with Gasteiger partial charge in [-0.05, 0) is 6.07 Å². The van der Waals surface area contributed by atoms with E-state index in [2.05, 4.69) is 30.7 Å². The summed E-state index contributed by atoms with van der Waals surface area (Å²) >= 11 is 0. The minimum absolute atomic E-state index is 0.707. The maximum absolute atomic E-state index is 4.66. The fourth-order valence-electron chi connectivity index (χ4n) is 2.16. The van der Waals surface area contributed by atoms with Gasteiger partial charge in [0.1, 0.15) is 11.3 Å². The minimum atomic E-state index is 0.707. The number of anilines is 2. The van der Waals surface area contributed by atoms with Crippen LogP contribution >= 0.6 is 0 Å². The average molecular weight is 280 g/mol. The van der Waals surface area contributed by atoms with Crippen molar-refractivity contribution in [3.63, 3.8) is 0 Å². The van der Waals surface area contributed by atoms with Crippen molar-refractivity contribution in [1.29, 1.82) is 0 Å². The first-order chi connectivity index (χ1) is 10.3. The Labute approximate surface area is 119 Å². The van der Waals surface area contributed by atoms with Crippen LogP contribution in [0.15, 0.2) is 43.1 Å². The summed E-state index contributed by atoms with van der Waals surface area (Å²) in [5.74, 6) is 1.48. The Bertz CT molecular complexity index is 886. The third-order valence-electron chi connectivity index (χ3n) is 3.14. The van der Waals surface area contributed by atoms with E-state index in [0.717, 1.165) is 22.6 Å². The zero-order chi connectivity index (χ0) is 14.2. The van der Waals surface area contributed by atoms with Crippen LogP contribution in [0.25, 0.3) is 16.8 Å². The number of rotatable bonds is 3. The number of aromatic nitrogens is 7. The molecule has 4 rings (SSSR count). The summed E-state index contributed by atoms with van der Waals surface area (Å²) in [5, 5.41) is 18.5. The number of aryl methyl sites for hydroxylation is 1. The molecule has 0 bridgehead atoms. The molecule has 0 radical (unpaired) electrons. The van der Waals surface area contributed by atoms with E-state index in [9.17, 15) is 0 Å². The number of nitrogens with one attached hydrogen (secondary N) is 2. The first-order valence-electron chi connectivity index (χ1n) is 6.39. The van der Waals surface area contributed by atoms with Crippen LogP contribution in [0.1, 0.15) is 0 Å². The summed E-state index contributed by atoms with van der Waals surface area (Å²) in [6.07, 6.45) is 8.99. The molecule has 4 aromatic rings. The number of hydrogen-bond acceptors (Lipinski definition) is 5. The van der Waals surface area contributed by atoms with Crippen molar-refractivity contribution in [1.82, 2.24) is 34.6 Å². The Morgan fingerprint density at radius 2 is 2.10 bits per heavy atom. The van der Waals surface area contributed by atoms with Gasteiger partial charge in [0.05, 0.1) is 30.5 Å². The lowest BCUT2D eigenvalue weighted by molar-refractivity contribution is 0.768. The molecule has 21 heavy (non-hydrogen) atoms. The normalized spacial score (nSPS) is 11.1. The highest BCUT2D eigenvalue weighted by atomic mass is 15.3. The third-order valence-corrected chi connectivity index (χ3v) is 3.14. The summed E-state index contributed by atoms with van der Waals surface area (Å²) in [4.78, 5) is 4.66. The maximum Gasteiger partial charge on any atom is 0.158 e. The zero-order valence-electron chi connectivity index (χ0n) is 11.2. The first kappa shape index (κ1) is 11.6. The highest BCUT2D eigenvalue weighted by molar-refractivity contribution is 5.74. The van der Waals surface area contributed by atoms with Gasteiger partial charge in [-0.3, -0.25) is 9.78 Å². The van der Waals surface area contributed by atoms with Crippen molar-refractivity contribution in [3.05, 3.63) is 43.1 Å². The van der Waals surface area contributed by atoms with Crippen LogP contribution in [0.4, 0.5) is 11.6 Å². The van der Waals surface area contributed by atoms with E-state index in [0.29, 0.717) is 5.82 Å². The second kappa shape index (κ2) is 4.44. The lowest BCUT2D eigenvalue weighted by Crippen LogP contribution is -2.00. The molecule has 4 heterocycles. The van der Waals surface area contributed by atoms with E-state index < -0.39 is 0 Å². The molecule has 0 fully saturated rings. The molecule has 0 unspecified atom stereocenters. The Hall–Kier alpha value is -3.16. The van der Waals surface area contributed by atoms with E-state index in [-0.39, 0.29) is 0 Å². The van der Waals surface area contributed by atoms with Crippen molar-refractivity contribution in [3.8, 4) is 11.3 Å². The van der Waals surface area contributed by atoms with Gasteiger partial charge in [-0.1, -0.05) is 0 Å². The number of fused-ring (bicyclic) bond motifs is 1. The molecule has 8 heteroatoms. The van der Waals surface area contributed by atoms with Gasteiger partial charge in [0, 0.05) is 24.9 Å². The highest BCUT2D eigenvalue weighted by Crippen LogP contribution is 2.23. The predicted molar refractivity (Wildman–Crippen MR) is 77.1 cm³/mol. The summed E-state index contributed by atoms with van der Waals surface area (Å²) < 4.78 is 3.53. The SMILES string of the molecule is Cn1cc(-c2cn3nccc3c(Nc3ccn[nH]3)n2)cn1. The third kappa shape index (κ3) is 2.02. The van der Waals surface area contributed by atoms with E-state index in [1.165, 1.54) is 0 Å². The molecular weight excluding hydrogens is 268 g/mol. The topological polar surface area (TPSA) is 88.7 Å². The number of nitrogens with zero attached hydrogens (tertiary/aromatic N) is 6. The van der Waals surface area contributed by atoms with Gasteiger partial charge < -0.3 is 5.32 Å². The Balaban J connectivity index is 1.86. The van der Waals surface area contributed by atoms with Crippen LogP contribution in [0.5, 0.6) is 0 Å². The monoisotopic (exact) mass is 280 g/mol. The van der Waals surface area contributed by atoms with Gasteiger partial charge in [0.15, 0.2) is 5.82 Å². The van der Waals surface area contributed by atoms with Crippen LogP contribution in [0.3, 0.4) is 0 Å². The second-order valence-electron chi connectivity index (χ2n) is 4.63. The van der Waals surface area contributed by atoms with Gasteiger partial charge in [0.25, 0.3) is 0 Å². The van der Waals surface area contributed by atoms with Gasteiger partial charge in [-0.2, -0.15) is 15.3 Å². The molecule has 8 nitrogen and oxygen atoms in total. The lowest BCUT2D eigenvalue weighted by atomic mass is 10.2. The predicted octanol–water partition coefficient (Wildman–Crippen LogP) is 1.60. The molecule has 0 spiro atoms. The van der Waals surface area contributed by atoms with E-state index in [1.807, 2.05) is 31.6 Å². The number of H-pyrrole nitrogens is 1. The zero-order valence-corrected chi connectivity index (χ0v) is 11.2. The van der Waals surface area contributed by atoms with Gasteiger partial charge in [0.2, 0.25) is 0 Å². The molecule has 0 saturated carbocycles. The van der Waals surface area contributed by atoms with Crippen molar-refractivity contribution in [2.24, 2.45) is 7.05 Å². The Kier molecular flexibility index (Phi) is 2.46. The van der Waals surface area contributed by atoms with Gasteiger partial charge in [-0.25, -0.2) is 9.50 Å². The summed E-state index contributed by atoms with van der Waals surface area (Å²) in [6, 6.07) is 3.74. The van der Waals surface area contributed by atoms with Crippen LogP contribution in [0.2, 0.25) is 0 Å². The van der Waals surface area contributed by atoms with E-state index in [1.54, 1.807) is 27.8 Å². The molecule has 0 aliphatic heterocycles. The minimum Gasteiger partial charge on any atom is -0.324 e. The van der Waals surface area contributed by atoms with Crippen LogP contribution < -0.4 is 5.32 Å². The standard InChI is InChI=1S/C13H12N8/c1-20-7-9(6-16-20)10-8-21-11(2-5-15-21)13(17-10)18-12-3-4-14-19-12/h2-8H,1H3,(H2,14,17,18,19).